The number of carbonyl (C=O) groups excluding carboxylic acids is 2. The maximum absolute atomic E-state index is 12.8. The minimum absolute atomic E-state index is 0.104. The van der Waals surface area contributed by atoms with Gasteiger partial charge in [0.2, 0.25) is 0 Å². The topological polar surface area (TPSA) is 81.9 Å². The van der Waals surface area contributed by atoms with Crippen LogP contribution in [0.3, 0.4) is 0 Å². The number of ether oxygens (including phenoxy) is 2. The van der Waals surface area contributed by atoms with Crippen LogP contribution < -0.4 is 10.1 Å². The van der Waals surface area contributed by atoms with Crippen molar-refractivity contribution in [3.63, 3.8) is 0 Å². The number of carbonyl (C=O) groups is 2. The number of nitrogens with zero attached hydrogens (tertiary/aromatic N) is 2. The van der Waals surface area contributed by atoms with Crippen molar-refractivity contribution in [1.82, 2.24) is 9.38 Å². The summed E-state index contributed by atoms with van der Waals surface area (Å²) in [6.07, 6.45) is 3.28. The van der Waals surface area contributed by atoms with Gasteiger partial charge in [0.1, 0.15) is 17.1 Å². The monoisotopic (exact) mass is 565 g/mol. The lowest BCUT2D eigenvalue weighted by molar-refractivity contribution is -0.274. The fraction of sp³-hybridized carbons (Fsp3) is 0.323. The Morgan fingerprint density at radius 3 is 2.41 bits per heavy atom. The van der Waals surface area contributed by atoms with Crippen LogP contribution in [0, 0.1) is 5.92 Å². The standard InChI is InChI=1S/C31H30F3N3O4/c1-2-40-29(38)16-20-6-8-21(9-7-20)22-10-12-23(13-11-22)24-14-15-28-36-27(19-37(28)18-24)30(39)35-25-4-3-5-26(17-25)41-31(32,33)34/h3-5,10-15,17-21H,2,6-9,16H2,1H3,(H,35,39). The van der Waals surface area contributed by atoms with Crippen molar-refractivity contribution in [3.8, 4) is 16.9 Å². The first-order valence-corrected chi connectivity index (χ1v) is 13.6. The van der Waals surface area contributed by atoms with Crippen LogP contribution in [-0.2, 0) is 9.53 Å². The first-order chi connectivity index (χ1) is 19.7. The SMILES string of the molecule is CCOC(=O)CC1CCC(c2ccc(-c3ccc4nc(C(=O)Nc5cccc(OC(F)(F)F)c5)cn4c3)cc2)CC1. The molecule has 0 spiro atoms. The average Bonchev–Trinajstić information content (AvgIpc) is 3.37. The molecule has 1 amide bonds. The quantitative estimate of drug-likeness (QED) is 0.226. The zero-order chi connectivity index (χ0) is 29.0. The highest BCUT2D eigenvalue weighted by Gasteiger charge is 2.31. The van der Waals surface area contributed by atoms with Crippen LogP contribution in [0.1, 0.15) is 61.0 Å². The van der Waals surface area contributed by atoms with E-state index in [-0.39, 0.29) is 17.4 Å². The fourth-order valence-corrected chi connectivity index (χ4v) is 5.34. The van der Waals surface area contributed by atoms with Crippen LogP contribution in [0.25, 0.3) is 16.8 Å². The summed E-state index contributed by atoms with van der Waals surface area (Å²) in [6.45, 7) is 2.25. The number of imidazole rings is 1. The minimum Gasteiger partial charge on any atom is -0.466 e. The molecule has 41 heavy (non-hydrogen) atoms. The molecule has 4 aromatic rings. The zero-order valence-corrected chi connectivity index (χ0v) is 22.5. The molecule has 2 aromatic heterocycles. The molecule has 0 saturated heterocycles. The number of alkyl halides is 3. The lowest BCUT2D eigenvalue weighted by Crippen LogP contribution is -2.17. The number of aromatic nitrogens is 2. The van der Waals surface area contributed by atoms with Crippen LogP contribution in [-0.4, -0.2) is 34.2 Å². The number of nitrogens with one attached hydrogen (secondary N) is 1. The summed E-state index contributed by atoms with van der Waals surface area (Å²) in [7, 11) is 0. The van der Waals surface area contributed by atoms with E-state index in [0.717, 1.165) is 48.9 Å². The number of hydrogen-bond acceptors (Lipinski definition) is 5. The number of anilines is 1. The molecular formula is C31H30F3N3O4. The molecule has 1 aliphatic rings. The number of halogens is 3. The van der Waals surface area contributed by atoms with E-state index in [1.165, 1.54) is 17.7 Å². The van der Waals surface area contributed by atoms with E-state index in [0.29, 0.717) is 30.5 Å². The Balaban J connectivity index is 1.22. The number of rotatable bonds is 8. The average molecular weight is 566 g/mol. The van der Waals surface area contributed by atoms with Crippen molar-refractivity contribution in [2.75, 3.05) is 11.9 Å². The molecule has 0 unspecified atom stereocenters. The number of benzene rings is 2. The van der Waals surface area contributed by atoms with Crippen LogP contribution >= 0.6 is 0 Å². The number of fused-ring (bicyclic) bond motifs is 1. The van der Waals surface area contributed by atoms with E-state index in [4.69, 9.17) is 4.74 Å². The second-order valence-corrected chi connectivity index (χ2v) is 10.2. The summed E-state index contributed by atoms with van der Waals surface area (Å²) in [4.78, 5) is 28.9. The minimum atomic E-state index is -4.83. The van der Waals surface area contributed by atoms with Gasteiger partial charge in [-0.1, -0.05) is 30.3 Å². The largest absolute Gasteiger partial charge is 0.573 e. The van der Waals surface area contributed by atoms with Gasteiger partial charge in [0, 0.05) is 30.6 Å². The Hall–Kier alpha value is -4.34. The number of pyridine rings is 1. The summed E-state index contributed by atoms with van der Waals surface area (Å²) in [6, 6.07) is 17.3. The summed E-state index contributed by atoms with van der Waals surface area (Å²) in [5.41, 5.74) is 4.09. The highest BCUT2D eigenvalue weighted by molar-refractivity contribution is 6.03. The summed E-state index contributed by atoms with van der Waals surface area (Å²) < 4.78 is 48.3. The summed E-state index contributed by atoms with van der Waals surface area (Å²) in [5.74, 6) is -0.219. The van der Waals surface area contributed by atoms with Gasteiger partial charge in [-0.15, -0.1) is 13.2 Å². The zero-order valence-electron chi connectivity index (χ0n) is 22.5. The molecule has 10 heteroatoms. The van der Waals surface area contributed by atoms with E-state index in [2.05, 4.69) is 39.3 Å². The van der Waals surface area contributed by atoms with Crippen molar-refractivity contribution in [2.24, 2.45) is 5.92 Å². The van der Waals surface area contributed by atoms with Gasteiger partial charge < -0.3 is 19.2 Å². The molecule has 2 aromatic carbocycles. The molecule has 1 saturated carbocycles. The van der Waals surface area contributed by atoms with Gasteiger partial charge in [-0.25, -0.2) is 4.98 Å². The molecule has 0 bridgehead atoms. The van der Waals surface area contributed by atoms with E-state index >= 15 is 0 Å². The number of hydrogen-bond donors (Lipinski definition) is 1. The highest BCUT2D eigenvalue weighted by Crippen LogP contribution is 2.38. The van der Waals surface area contributed by atoms with E-state index in [1.54, 1.807) is 10.6 Å². The Morgan fingerprint density at radius 1 is 0.976 bits per heavy atom. The fourth-order valence-electron chi connectivity index (χ4n) is 5.34. The second-order valence-electron chi connectivity index (χ2n) is 10.2. The van der Waals surface area contributed by atoms with Crippen molar-refractivity contribution in [2.45, 2.75) is 51.3 Å². The van der Waals surface area contributed by atoms with Gasteiger partial charge in [0.05, 0.1) is 6.61 Å². The summed E-state index contributed by atoms with van der Waals surface area (Å²) in [5, 5.41) is 2.56. The lowest BCUT2D eigenvalue weighted by atomic mass is 9.77. The van der Waals surface area contributed by atoms with E-state index in [9.17, 15) is 22.8 Å². The molecular weight excluding hydrogens is 535 g/mol. The molecule has 2 heterocycles. The molecule has 7 nitrogen and oxygen atoms in total. The highest BCUT2D eigenvalue weighted by atomic mass is 19.4. The van der Waals surface area contributed by atoms with Crippen LogP contribution in [0.4, 0.5) is 18.9 Å². The van der Waals surface area contributed by atoms with Crippen LogP contribution in [0.5, 0.6) is 5.75 Å². The summed E-state index contributed by atoms with van der Waals surface area (Å²) >= 11 is 0. The molecule has 1 fully saturated rings. The molecule has 0 aliphatic heterocycles. The molecule has 214 valence electrons. The van der Waals surface area contributed by atoms with Crippen molar-refractivity contribution >= 4 is 23.2 Å². The predicted octanol–water partition coefficient (Wildman–Crippen LogP) is 7.38. The Bertz CT molecular complexity index is 1520. The smallest absolute Gasteiger partial charge is 0.466 e. The van der Waals surface area contributed by atoms with Gasteiger partial charge >= 0.3 is 12.3 Å². The molecule has 5 rings (SSSR count). The van der Waals surface area contributed by atoms with Crippen LogP contribution in [0.2, 0.25) is 0 Å². The van der Waals surface area contributed by atoms with E-state index in [1.807, 2.05) is 25.3 Å². The van der Waals surface area contributed by atoms with E-state index < -0.39 is 18.0 Å². The third-order valence-corrected chi connectivity index (χ3v) is 7.33. The van der Waals surface area contributed by atoms with Crippen molar-refractivity contribution in [3.05, 3.63) is 84.3 Å². The molecule has 0 radical (unpaired) electrons. The Kier molecular flexibility index (Phi) is 8.28. The van der Waals surface area contributed by atoms with Gasteiger partial charge in [0.15, 0.2) is 0 Å². The third kappa shape index (κ3) is 7.25. The first kappa shape index (κ1) is 28.2. The van der Waals surface area contributed by atoms with Gasteiger partial charge in [-0.05, 0) is 85.4 Å². The Morgan fingerprint density at radius 2 is 1.71 bits per heavy atom. The van der Waals surface area contributed by atoms with Crippen molar-refractivity contribution in [1.29, 1.82) is 0 Å². The number of esters is 1. The Labute approximate surface area is 235 Å². The normalized spacial score (nSPS) is 17.3. The van der Waals surface area contributed by atoms with Crippen molar-refractivity contribution < 1.29 is 32.2 Å². The lowest BCUT2D eigenvalue weighted by Gasteiger charge is -2.28. The molecule has 1 aliphatic carbocycles. The first-order valence-electron chi connectivity index (χ1n) is 13.6. The van der Waals surface area contributed by atoms with Gasteiger partial charge in [-0.3, -0.25) is 9.59 Å². The third-order valence-electron chi connectivity index (χ3n) is 7.33. The molecule has 1 N–H and O–H groups in total. The number of amides is 1. The molecule has 0 atom stereocenters. The van der Waals surface area contributed by atoms with Gasteiger partial charge in [-0.2, -0.15) is 0 Å². The predicted molar refractivity (Wildman–Crippen MR) is 148 cm³/mol. The second kappa shape index (κ2) is 12.0. The van der Waals surface area contributed by atoms with Crippen LogP contribution in [0.15, 0.2) is 73.1 Å². The maximum atomic E-state index is 12.8. The van der Waals surface area contributed by atoms with Gasteiger partial charge in [0.25, 0.3) is 5.91 Å². The maximum Gasteiger partial charge on any atom is 0.573 e.